The quantitative estimate of drug-likeness (QED) is 0.612. The molecular formula is C26H26N2O5. The van der Waals surface area contributed by atoms with Gasteiger partial charge in [-0.25, -0.2) is 0 Å². The van der Waals surface area contributed by atoms with Gasteiger partial charge in [0.1, 0.15) is 17.2 Å². The maximum absolute atomic E-state index is 13.0. The Hall–Kier alpha value is -4.00. The lowest BCUT2D eigenvalue weighted by Crippen LogP contribution is -2.37. The van der Waals surface area contributed by atoms with Crippen LogP contribution in [0, 0.1) is 0 Å². The Labute approximate surface area is 192 Å². The molecule has 0 aliphatic carbocycles. The maximum atomic E-state index is 13.0. The van der Waals surface area contributed by atoms with Gasteiger partial charge in [0.15, 0.2) is 6.10 Å². The SMILES string of the molecule is COc1cccc(CN2Cc3cc(NC(=O)c4ccccc4OC)ccc3OC(C)C2=O)c1. The molecule has 4 rings (SSSR count). The normalized spacial score (nSPS) is 15.2. The molecule has 33 heavy (non-hydrogen) atoms. The Morgan fingerprint density at radius 1 is 1.06 bits per heavy atom. The smallest absolute Gasteiger partial charge is 0.263 e. The minimum Gasteiger partial charge on any atom is -0.497 e. The summed E-state index contributed by atoms with van der Waals surface area (Å²) in [6.45, 7) is 2.52. The molecule has 170 valence electrons. The second-order valence-electron chi connectivity index (χ2n) is 7.78. The minimum absolute atomic E-state index is 0.103. The summed E-state index contributed by atoms with van der Waals surface area (Å²) in [6.07, 6.45) is -0.620. The summed E-state index contributed by atoms with van der Waals surface area (Å²) >= 11 is 0. The molecule has 0 spiro atoms. The number of amides is 2. The number of methoxy groups -OCH3 is 2. The predicted octanol–water partition coefficient (Wildman–Crippen LogP) is 4.27. The highest BCUT2D eigenvalue weighted by Gasteiger charge is 2.28. The molecule has 0 fully saturated rings. The molecule has 1 aliphatic rings. The first kappa shape index (κ1) is 22.2. The van der Waals surface area contributed by atoms with E-state index in [-0.39, 0.29) is 11.8 Å². The summed E-state index contributed by atoms with van der Waals surface area (Å²) in [5.74, 6) is 1.48. The molecule has 0 radical (unpaired) electrons. The molecule has 3 aromatic rings. The molecule has 1 unspecified atom stereocenters. The fourth-order valence-electron chi connectivity index (χ4n) is 3.83. The van der Waals surface area contributed by atoms with E-state index in [1.807, 2.05) is 36.4 Å². The molecule has 7 heteroatoms. The largest absolute Gasteiger partial charge is 0.497 e. The Bertz CT molecular complexity index is 1180. The van der Waals surface area contributed by atoms with E-state index < -0.39 is 6.10 Å². The van der Waals surface area contributed by atoms with Gasteiger partial charge in [0.25, 0.3) is 11.8 Å². The van der Waals surface area contributed by atoms with Gasteiger partial charge < -0.3 is 24.4 Å². The number of carbonyl (C=O) groups is 2. The van der Waals surface area contributed by atoms with Gasteiger partial charge in [-0.2, -0.15) is 0 Å². The number of rotatable bonds is 6. The Balaban J connectivity index is 1.57. The van der Waals surface area contributed by atoms with Gasteiger partial charge in [-0.15, -0.1) is 0 Å². The fraction of sp³-hybridized carbons (Fsp3) is 0.231. The van der Waals surface area contributed by atoms with Crippen molar-refractivity contribution in [1.29, 1.82) is 0 Å². The second-order valence-corrected chi connectivity index (χ2v) is 7.78. The van der Waals surface area contributed by atoms with Crippen molar-refractivity contribution >= 4 is 17.5 Å². The van der Waals surface area contributed by atoms with Crippen LogP contribution in [-0.2, 0) is 17.9 Å². The molecule has 1 heterocycles. The van der Waals surface area contributed by atoms with Crippen LogP contribution in [0.2, 0.25) is 0 Å². The number of anilines is 1. The number of ether oxygens (including phenoxy) is 3. The van der Waals surface area contributed by atoms with E-state index in [0.717, 1.165) is 16.9 Å². The van der Waals surface area contributed by atoms with Gasteiger partial charge >= 0.3 is 0 Å². The molecule has 7 nitrogen and oxygen atoms in total. The lowest BCUT2D eigenvalue weighted by Gasteiger charge is -2.22. The van der Waals surface area contributed by atoms with Gasteiger partial charge in [0.2, 0.25) is 0 Å². The van der Waals surface area contributed by atoms with Crippen molar-refractivity contribution in [3.63, 3.8) is 0 Å². The number of nitrogens with one attached hydrogen (secondary N) is 1. The first-order valence-corrected chi connectivity index (χ1v) is 10.6. The van der Waals surface area contributed by atoms with Crippen LogP contribution in [-0.4, -0.2) is 37.0 Å². The average molecular weight is 447 g/mol. The van der Waals surface area contributed by atoms with E-state index in [1.165, 1.54) is 7.11 Å². The molecule has 0 bridgehead atoms. The summed E-state index contributed by atoms with van der Waals surface area (Å²) < 4.78 is 16.5. The predicted molar refractivity (Wildman–Crippen MR) is 125 cm³/mol. The zero-order valence-corrected chi connectivity index (χ0v) is 18.8. The number of para-hydroxylation sites is 1. The number of benzene rings is 3. The Kier molecular flexibility index (Phi) is 6.49. The minimum atomic E-state index is -0.620. The molecule has 1 aliphatic heterocycles. The summed E-state index contributed by atoms with van der Waals surface area (Å²) in [4.78, 5) is 27.5. The lowest BCUT2D eigenvalue weighted by molar-refractivity contribution is -0.138. The van der Waals surface area contributed by atoms with Crippen LogP contribution in [0.1, 0.15) is 28.4 Å². The van der Waals surface area contributed by atoms with E-state index in [1.54, 1.807) is 49.3 Å². The first-order chi connectivity index (χ1) is 16.0. The highest BCUT2D eigenvalue weighted by atomic mass is 16.5. The van der Waals surface area contributed by atoms with E-state index in [9.17, 15) is 9.59 Å². The summed E-state index contributed by atoms with van der Waals surface area (Å²) in [6, 6.07) is 20.1. The lowest BCUT2D eigenvalue weighted by atomic mass is 10.1. The van der Waals surface area contributed by atoms with Crippen molar-refractivity contribution in [2.45, 2.75) is 26.1 Å². The zero-order valence-electron chi connectivity index (χ0n) is 18.8. The van der Waals surface area contributed by atoms with Crippen LogP contribution < -0.4 is 19.5 Å². The third kappa shape index (κ3) is 4.92. The van der Waals surface area contributed by atoms with Crippen LogP contribution in [0.25, 0.3) is 0 Å². The van der Waals surface area contributed by atoms with Crippen LogP contribution in [0.3, 0.4) is 0 Å². The topological polar surface area (TPSA) is 77.1 Å². The average Bonchev–Trinajstić information content (AvgIpc) is 2.95. The maximum Gasteiger partial charge on any atom is 0.263 e. The van der Waals surface area contributed by atoms with Crippen LogP contribution in [0.4, 0.5) is 5.69 Å². The summed E-state index contributed by atoms with van der Waals surface area (Å²) in [7, 11) is 3.14. The van der Waals surface area contributed by atoms with E-state index in [4.69, 9.17) is 14.2 Å². The third-order valence-corrected chi connectivity index (χ3v) is 5.50. The van der Waals surface area contributed by atoms with Crippen molar-refractivity contribution in [3.8, 4) is 17.2 Å². The fourth-order valence-corrected chi connectivity index (χ4v) is 3.83. The zero-order chi connectivity index (χ0) is 23.4. The highest BCUT2D eigenvalue weighted by molar-refractivity contribution is 6.06. The number of nitrogens with zero attached hydrogens (tertiary/aromatic N) is 1. The van der Waals surface area contributed by atoms with Crippen LogP contribution in [0.15, 0.2) is 66.7 Å². The van der Waals surface area contributed by atoms with Gasteiger partial charge in [0.05, 0.1) is 19.8 Å². The van der Waals surface area contributed by atoms with Crippen LogP contribution in [0.5, 0.6) is 17.2 Å². The van der Waals surface area contributed by atoms with E-state index in [0.29, 0.717) is 35.8 Å². The van der Waals surface area contributed by atoms with Crippen molar-refractivity contribution in [1.82, 2.24) is 4.90 Å². The monoisotopic (exact) mass is 446 g/mol. The van der Waals surface area contributed by atoms with Crippen molar-refractivity contribution in [2.24, 2.45) is 0 Å². The van der Waals surface area contributed by atoms with Gasteiger partial charge in [-0.05, 0) is 55.0 Å². The molecule has 0 saturated carbocycles. The number of hydrogen-bond donors (Lipinski definition) is 1. The number of fused-ring (bicyclic) bond motifs is 1. The van der Waals surface area contributed by atoms with E-state index in [2.05, 4.69) is 5.32 Å². The number of hydrogen-bond acceptors (Lipinski definition) is 5. The van der Waals surface area contributed by atoms with Crippen molar-refractivity contribution < 1.29 is 23.8 Å². The molecule has 3 aromatic carbocycles. The van der Waals surface area contributed by atoms with Crippen molar-refractivity contribution in [3.05, 3.63) is 83.4 Å². The van der Waals surface area contributed by atoms with Gasteiger partial charge in [0, 0.05) is 24.3 Å². The molecule has 1 atom stereocenters. The molecule has 0 aromatic heterocycles. The van der Waals surface area contributed by atoms with Gasteiger partial charge in [-0.3, -0.25) is 9.59 Å². The van der Waals surface area contributed by atoms with Crippen molar-refractivity contribution in [2.75, 3.05) is 19.5 Å². The molecule has 0 saturated heterocycles. The standard InChI is InChI=1S/C26H26N2O5/c1-17-26(30)28(15-18-7-6-8-21(13-18)31-2)16-19-14-20(11-12-23(19)33-17)27-25(29)22-9-4-5-10-24(22)32-3/h4-14,17H,15-16H2,1-3H3,(H,27,29). The van der Waals surface area contributed by atoms with E-state index >= 15 is 0 Å². The molecular weight excluding hydrogens is 420 g/mol. The molecule has 2 amide bonds. The molecule has 1 N–H and O–H groups in total. The summed E-state index contributed by atoms with van der Waals surface area (Å²) in [5.41, 5.74) is 2.82. The number of carbonyl (C=O) groups excluding carboxylic acids is 2. The second kappa shape index (κ2) is 9.65. The van der Waals surface area contributed by atoms with Gasteiger partial charge in [-0.1, -0.05) is 24.3 Å². The third-order valence-electron chi connectivity index (χ3n) is 5.50. The Morgan fingerprint density at radius 2 is 1.88 bits per heavy atom. The van der Waals surface area contributed by atoms with Crippen LogP contribution >= 0.6 is 0 Å². The highest BCUT2D eigenvalue weighted by Crippen LogP contribution is 2.30. The first-order valence-electron chi connectivity index (χ1n) is 10.6. The Morgan fingerprint density at radius 3 is 2.67 bits per heavy atom. The summed E-state index contributed by atoms with van der Waals surface area (Å²) in [5, 5.41) is 2.91.